The standard InChI is InChI=1S/C36H12F12N8S4.Cu/c37-33(38,39)57-17-9-1-5-13-21(17)29-50-25(13)49-26-14-6-2-10-18(58-34(40,41)42)22(14)30(51-26)53-28-16-8-4-12-20(60-36(46,47)48)24(16)32(55-28)56-31-23-15(27(52-29)54-31)7-3-11-19(23)59-35(43,44)45;/h1-12H;/q-2;+2. The Morgan fingerprint density at radius 1 is 0.361 bits per heavy atom. The van der Waals surface area contributed by atoms with E-state index in [4.69, 9.17) is 0 Å². The van der Waals surface area contributed by atoms with Gasteiger partial charge in [-0.2, -0.15) is 52.7 Å². The van der Waals surface area contributed by atoms with Gasteiger partial charge in [-0.3, -0.25) is 0 Å². The molecule has 0 unspecified atom stereocenters. The monoisotopic (exact) mass is 975 g/mol. The van der Waals surface area contributed by atoms with Crippen molar-refractivity contribution in [3.8, 4) is 45.6 Å². The molecule has 2 aliphatic rings. The number of rotatable bonds is 4. The summed E-state index contributed by atoms with van der Waals surface area (Å²) in [5, 5.41) is -0.601. The van der Waals surface area contributed by atoms with Gasteiger partial charge in [-0.1, -0.05) is 48.5 Å². The van der Waals surface area contributed by atoms with Crippen molar-refractivity contribution in [3.63, 3.8) is 0 Å². The SMILES string of the molecule is FC(F)(F)Sc1cccc2c1-c1nc-2nc2[n-]c(nc3nc(nc4[n-]c(n1)c1cccc(SC(F)(F)F)c41)-c1c(SC(F)(F)F)cccc1-3)c1c(SC(F)(F)F)cccc21.[Cu+2]. The van der Waals surface area contributed by atoms with Crippen LogP contribution in [0.1, 0.15) is 0 Å². The zero-order valence-electron chi connectivity index (χ0n) is 29.0. The fourth-order valence-electron chi connectivity index (χ4n) is 6.56. The number of nitrogens with zero attached hydrogens (tertiary/aromatic N) is 8. The number of fused-ring (bicyclic) bond motifs is 20. The third-order valence-electron chi connectivity index (χ3n) is 8.56. The van der Waals surface area contributed by atoms with Crippen LogP contribution in [0.5, 0.6) is 0 Å². The second-order valence-electron chi connectivity index (χ2n) is 12.4. The fourth-order valence-corrected chi connectivity index (χ4v) is 9.36. The predicted molar refractivity (Wildman–Crippen MR) is 202 cm³/mol. The minimum atomic E-state index is -4.87. The van der Waals surface area contributed by atoms with E-state index in [1.54, 1.807) is 0 Å². The largest absolute Gasteiger partial charge is 2.00 e. The molecular weight excluding hydrogens is 964 g/mol. The minimum Gasteiger partial charge on any atom is -0.357 e. The Morgan fingerprint density at radius 2 is 0.672 bits per heavy atom. The van der Waals surface area contributed by atoms with Crippen molar-refractivity contribution in [1.29, 1.82) is 0 Å². The molecule has 0 spiro atoms. The maximum Gasteiger partial charge on any atom is 2.00 e. The van der Waals surface area contributed by atoms with Crippen molar-refractivity contribution in [2.75, 3.05) is 0 Å². The maximum absolute atomic E-state index is 14.0. The molecule has 0 amide bonds. The fraction of sp³-hybridized carbons (Fsp3) is 0.111. The molecule has 61 heavy (non-hydrogen) atoms. The van der Waals surface area contributed by atoms with Crippen LogP contribution in [0.4, 0.5) is 52.7 Å². The molecule has 25 heteroatoms. The van der Waals surface area contributed by atoms with Crippen LogP contribution in [0.25, 0.3) is 89.7 Å². The molecule has 8 bridgehead atoms. The van der Waals surface area contributed by atoms with Gasteiger partial charge in [-0.15, -0.1) is 0 Å². The Kier molecular flexibility index (Phi) is 10.8. The first-order valence-electron chi connectivity index (χ1n) is 16.5. The second-order valence-corrected chi connectivity index (χ2v) is 16.8. The van der Waals surface area contributed by atoms with E-state index < -0.39 is 112 Å². The summed E-state index contributed by atoms with van der Waals surface area (Å²) in [4.78, 5) is 33.6. The van der Waals surface area contributed by atoms with Gasteiger partial charge in [0.15, 0.2) is 0 Å². The molecule has 0 atom stereocenters. The number of aromatic nitrogens is 8. The number of hydrogen-bond acceptors (Lipinski definition) is 10. The van der Waals surface area contributed by atoms with E-state index in [2.05, 4.69) is 39.9 Å². The Hall–Kier alpha value is -4.68. The first kappa shape index (κ1) is 43.0. The van der Waals surface area contributed by atoms with Crippen LogP contribution < -0.4 is 9.97 Å². The summed E-state index contributed by atoms with van der Waals surface area (Å²) in [6.07, 6.45) is 0. The number of benzene rings is 4. The van der Waals surface area contributed by atoms with Crippen molar-refractivity contribution in [2.24, 2.45) is 0 Å². The topological polar surface area (TPSA) is 106 Å². The molecule has 3 aromatic heterocycles. The van der Waals surface area contributed by atoms with E-state index in [1.165, 1.54) is 48.5 Å². The molecular formula is C36H12CuF12N8S4. The maximum atomic E-state index is 14.0. The molecule has 4 aromatic carbocycles. The average molecular weight is 976 g/mol. The molecule has 5 heterocycles. The minimum absolute atomic E-state index is 0. The first-order valence-corrected chi connectivity index (χ1v) is 19.7. The number of hydrogen-bond donors (Lipinski definition) is 0. The van der Waals surface area contributed by atoms with Gasteiger partial charge in [0.1, 0.15) is 0 Å². The van der Waals surface area contributed by atoms with Crippen LogP contribution in [-0.4, -0.2) is 51.9 Å². The molecule has 0 N–H and O–H groups in total. The average Bonchev–Trinajstić information content (AvgIpc) is 3.86. The van der Waals surface area contributed by atoms with Gasteiger partial charge >= 0.3 is 39.1 Å². The molecule has 8 nitrogen and oxygen atoms in total. The van der Waals surface area contributed by atoms with Gasteiger partial charge < -0.3 is 29.9 Å². The molecule has 9 rings (SSSR count). The van der Waals surface area contributed by atoms with E-state index in [0.717, 1.165) is 24.3 Å². The van der Waals surface area contributed by atoms with Gasteiger partial charge in [0, 0.05) is 75.2 Å². The summed E-state index contributed by atoms with van der Waals surface area (Å²) < 4.78 is 167. The van der Waals surface area contributed by atoms with E-state index >= 15 is 0 Å². The van der Waals surface area contributed by atoms with Crippen molar-refractivity contribution < 1.29 is 69.8 Å². The van der Waals surface area contributed by atoms with Crippen molar-refractivity contribution in [2.45, 2.75) is 41.6 Å². The molecule has 0 fully saturated rings. The predicted octanol–water partition coefficient (Wildman–Crippen LogP) is 12.6. The summed E-state index contributed by atoms with van der Waals surface area (Å²) >= 11 is -2.15. The quantitative estimate of drug-likeness (QED) is 0.0952. The number of halogens is 12. The van der Waals surface area contributed by atoms with E-state index in [1.807, 2.05) is 0 Å². The summed E-state index contributed by atoms with van der Waals surface area (Å²) in [6.45, 7) is 0. The van der Waals surface area contributed by atoms with Crippen LogP contribution in [0.3, 0.4) is 0 Å². The molecule has 0 saturated carbocycles. The number of thioether (sulfide) groups is 4. The zero-order valence-corrected chi connectivity index (χ0v) is 33.2. The van der Waals surface area contributed by atoms with E-state index in [-0.39, 0.29) is 83.8 Å². The van der Waals surface area contributed by atoms with Gasteiger partial charge in [-0.05, 0) is 82.1 Å². The van der Waals surface area contributed by atoms with Crippen LogP contribution in [-0.2, 0) is 17.1 Å². The van der Waals surface area contributed by atoms with Gasteiger partial charge in [0.2, 0.25) is 0 Å². The summed E-state index contributed by atoms with van der Waals surface area (Å²) in [5.74, 6) is -1.62. The summed E-state index contributed by atoms with van der Waals surface area (Å²) in [6, 6.07) is 14.8. The molecule has 1 radical (unpaired) electrons. The van der Waals surface area contributed by atoms with Crippen molar-refractivity contribution >= 4 is 91.2 Å². The van der Waals surface area contributed by atoms with Crippen molar-refractivity contribution in [1.82, 2.24) is 39.9 Å². The van der Waals surface area contributed by atoms with Gasteiger partial charge in [-0.25, -0.2) is 9.97 Å². The van der Waals surface area contributed by atoms with Crippen molar-refractivity contribution in [3.05, 3.63) is 72.8 Å². The Morgan fingerprint density at radius 3 is 1.07 bits per heavy atom. The first-order chi connectivity index (χ1) is 28.2. The number of alkyl halides is 12. The Labute approximate surface area is 359 Å². The third-order valence-corrected chi connectivity index (χ3v) is 11.7. The molecule has 7 aromatic rings. The van der Waals surface area contributed by atoms with Crippen LogP contribution in [0.15, 0.2) is 92.4 Å². The van der Waals surface area contributed by atoms with Crippen LogP contribution >= 0.6 is 47.0 Å². The van der Waals surface area contributed by atoms with Crippen LogP contribution in [0.2, 0.25) is 0 Å². The molecule has 0 aliphatic carbocycles. The third kappa shape index (κ3) is 8.59. The van der Waals surface area contributed by atoms with Crippen LogP contribution in [0, 0.1) is 0 Å². The Balaban J connectivity index is 0.00000514. The smallest absolute Gasteiger partial charge is 0.357 e. The Bertz CT molecular complexity index is 3090. The second kappa shape index (κ2) is 15.3. The van der Waals surface area contributed by atoms with E-state index in [9.17, 15) is 52.7 Å². The van der Waals surface area contributed by atoms with Gasteiger partial charge in [0.05, 0.1) is 23.3 Å². The van der Waals surface area contributed by atoms with Gasteiger partial charge in [0.25, 0.3) is 0 Å². The molecule has 315 valence electrons. The normalized spacial score (nSPS) is 13.0. The summed E-state index contributed by atoms with van der Waals surface area (Å²) in [7, 11) is 0. The van der Waals surface area contributed by atoms with E-state index in [0.29, 0.717) is 0 Å². The molecule has 2 aliphatic heterocycles. The zero-order chi connectivity index (χ0) is 42.5. The molecule has 0 saturated heterocycles. The summed E-state index contributed by atoms with van der Waals surface area (Å²) in [5.41, 5.74) is -21.6.